The summed E-state index contributed by atoms with van der Waals surface area (Å²) in [5.74, 6) is 1.78. The lowest BCUT2D eigenvalue weighted by Crippen LogP contribution is -2.20. The number of halogens is 1. The predicted octanol–water partition coefficient (Wildman–Crippen LogP) is 3.52. The van der Waals surface area contributed by atoms with E-state index in [0.717, 1.165) is 21.0 Å². The van der Waals surface area contributed by atoms with Crippen LogP contribution in [-0.2, 0) is 0 Å². The third-order valence-corrected chi connectivity index (χ3v) is 5.12. The molecule has 0 bridgehead atoms. The van der Waals surface area contributed by atoms with Crippen molar-refractivity contribution in [3.8, 4) is 0 Å². The van der Waals surface area contributed by atoms with Gasteiger partial charge in [-0.2, -0.15) is 5.10 Å². The van der Waals surface area contributed by atoms with Crippen molar-refractivity contribution in [1.29, 1.82) is 0 Å². The molecule has 90 valence electrons. The Kier molecular flexibility index (Phi) is 3.77. The van der Waals surface area contributed by atoms with Gasteiger partial charge < -0.3 is 5.73 Å². The van der Waals surface area contributed by atoms with Gasteiger partial charge in [-0.05, 0) is 61.1 Å². The lowest BCUT2D eigenvalue weighted by atomic mass is 9.84. The maximum absolute atomic E-state index is 6.09. The minimum atomic E-state index is 0.532. The van der Waals surface area contributed by atoms with Gasteiger partial charge in [-0.25, -0.2) is 4.68 Å². The van der Waals surface area contributed by atoms with Crippen LogP contribution in [0.1, 0.15) is 50.8 Å². The van der Waals surface area contributed by atoms with Crippen LogP contribution in [0.3, 0.4) is 0 Å². The summed E-state index contributed by atoms with van der Waals surface area (Å²) < 4.78 is 3.18. The molecule has 0 radical (unpaired) electrons. The minimum Gasteiger partial charge on any atom is -0.383 e. The normalized spacial score (nSPS) is 25.9. The van der Waals surface area contributed by atoms with Gasteiger partial charge in [-0.3, -0.25) is 0 Å². The van der Waals surface area contributed by atoms with Crippen LogP contribution < -0.4 is 5.73 Å². The van der Waals surface area contributed by atoms with Crippen LogP contribution in [-0.4, -0.2) is 9.78 Å². The van der Waals surface area contributed by atoms with Gasteiger partial charge in [-0.1, -0.05) is 13.3 Å². The molecule has 16 heavy (non-hydrogen) atoms. The molecule has 1 saturated carbocycles. The van der Waals surface area contributed by atoms with E-state index in [1.165, 1.54) is 32.1 Å². The molecule has 2 N–H and O–H groups in total. The maximum Gasteiger partial charge on any atom is 0.135 e. The fourth-order valence-corrected chi connectivity index (χ4v) is 2.98. The minimum absolute atomic E-state index is 0.532. The van der Waals surface area contributed by atoms with Crippen LogP contribution in [0, 0.1) is 16.4 Å². The molecule has 0 spiro atoms. The largest absolute Gasteiger partial charge is 0.383 e. The third kappa shape index (κ3) is 2.21. The van der Waals surface area contributed by atoms with Crippen molar-refractivity contribution in [3.63, 3.8) is 0 Å². The van der Waals surface area contributed by atoms with Gasteiger partial charge in [0.1, 0.15) is 5.82 Å². The van der Waals surface area contributed by atoms with E-state index in [-0.39, 0.29) is 0 Å². The van der Waals surface area contributed by atoms with Crippen LogP contribution >= 0.6 is 22.6 Å². The molecule has 1 aromatic heterocycles. The molecule has 4 heteroatoms. The first-order valence-electron chi connectivity index (χ1n) is 6.13. The van der Waals surface area contributed by atoms with E-state index in [4.69, 9.17) is 5.73 Å². The molecule has 0 aromatic carbocycles. The summed E-state index contributed by atoms with van der Waals surface area (Å²) in [5.41, 5.74) is 7.16. The van der Waals surface area contributed by atoms with Gasteiger partial charge in [0.05, 0.1) is 15.3 Å². The second kappa shape index (κ2) is 4.94. The monoisotopic (exact) mass is 333 g/mol. The van der Waals surface area contributed by atoms with Crippen molar-refractivity contribution in [3.05, 3.63) is 9.26 Å². The summed E-state index contributed by atoms with van der Waals surface area (Å²) in [7, 11) is 0. The van der Waals surface area contributed by atoms with E-state index in [2.05, 4.69) is 39.3 Å². The van der Waals surface area contributed by atoms with Gasteiger partial charge in [-0.15, -0.1) is 0 Å². The number of rotatable bonds is 2. The van der Waals surface area contributed by atoms with Crippen molar-refractivity contribution in [1.82, 2.24) is 9.78 Å². The molecule has 1 fully saturated rings. The Labute approximate surface area is 111 Å². The zero-order chi connectivity index (χ0) is 11.7. The Morgan fingerprint density at radius 1 is 1.38 bits per heavy atom. The summed E-state index contributed by atoms with van der Waals surface area (Å²) in [4.78, 5) is 0. The van der Waals surface area contributed by atoms with Crippen LogP contribution in [0.2, 0.25) is 0 Å². The van der Waals surface area contributed by atoms with E-state index in [1.54, 1.807) is 0 Å². The third-order valence-electron chi connectivity index (χ3n) is 3.79. The number of hydrogen-bond donors (Lipinski definition) is 1. The number of nitrogen functional groups attached to an aromatic ring is 1. The van der Waals surface area contributed by atoms with Crippen molar-refractivity contribution in [2.75, 3.05) is 5.73 Å². The fraction of sp³-hybridized carbons (Fsp3) is 0.750. The van der Waals surface area contributed by atoms with Gasteiger partial charge in [0.25, 0.3) is 0 Å². The summed E-state index contributed by atoms with van der Waals surface area (Å²) in [6.45, 7) is 4.33. The number of nitrogens with zero attached hydrogens (tertiary/aromatic N) is 2. The summed E-state index contributed by atoms with van der Waals surface area (Å²) in [6.07, 6.45) is 6.45. The molecule has 1 aliphatic rings. The summed E-state index contributed by atoms with van der Waals surface area (Å²) >= 11 is 2.29. The maximum atomic E-state index is 6.09. The Bertz CT molecular complexity index is 365. The van der Waals surface area contributed by atoms with Crippen LogP contribution in [0.4, 0.5) is 5.82 Å². The molecule has 0 atom stereocenters. The zero-order valence-corrected chi connectivity index (χ0v) is 12.2. The van der Waals surface area contributed by atoms with Crippen molar-refractivity contribution < 1.29 is 0 Å². The lowest BCUT2D eigenvalue weighted by molar-refractivity contribution is 0.258. The van der Waals surface area contributed by atoms with Crippen molar-refractivity contribution in [2.24, 2.45) is 5.92 Å². The fourth-order valence-electron chi connectivity index (χ4n) is 2.62. The average Bonchev–Trinajstić information content (AvgIpc) is 2.57. The Morgan fingerprint density at radius 2 is 2.00 bits per heavy atom. The highest BCUT2D eigenvalue weighted by molar-refractivity contribution is 14.1. The first-order valence-corrected chi connectivity index (χ1v) is 7.21. The van der Waals surface area contributed by atoms with Crippen molar-refractivity contribution in [2.45, 2.75) is 52.0 Å². The smallest absolute Gasteiger partial charge is 0.135 e. The molecular weight excluding hydrogens is 313 g/mol. The van der Waals surface area contributed by atoms with E-state index in [9.17, 15) is 0 Å². The highest BCUT2D eigenvalue weighted by Crippen LogP contribution is 2.35. The predicted molar refractivity (Wildman–Crippen MR) is 75.4 cm³/mol. The zero-order valence-electron chi connectivity index (χ0n) is 10.0. The highest BCUT2D eigenvalue weighted by atomic mass is 127. The quantitative estimate of drug-likeness (QED) is 0.842. The SMILES string of the molecule is CCC1CCC(n2nc(C)c(I)c2N)CC1. The molecule has 2 rings (SSSR count). The molecule has 0 amide bonds. The Hall–Kier alpha value is -0.260. The van der Waals surface area contributed by atoms with E-state index in [1.807, 2.05) is 6.92 Å². The van der Waals surface area contributed by atoms with Crippen LogP contribution in [0.15, 0.2) is 0 Å². The van der Waals surface area contributed by atoms with E-state index < -0.39 is 0 Å². The Balaban J connectivity index is 2.11. The molecule has 3 nitrogen and oxygen atoms in total. The second-order valence-corrected chi connectivity index (χ2v) is 5.89. The van der Waals surface area contributed by atoms with E-state index >= 15 is 0 Å². The van der Waals surface area contributed by atoms with Crippen LogP contribution in [0.5, 0.6) is 0 Å². The number of aromatic nitrogens is 2. The number of anilines is 1. The van der Waals surface area contributed by atoms with E-state index in [0.29, 0.717) is 6.04 Å². The summed E-state index contributed by atoms with van der Waals surface area (Å²) in [5, 5.41) is 4.57. The lowest BCUT2D eigenvalue weighted by Gasteiger charge is -2.28. The second-order valence-electron chi connectivity index (χ2n) is 4.81. The molecule has 1 aliphatic carbocycles. The van der Waals surface area contributed by atoms with Gasteiger partial charge in [0.2, 0.25) is 0 Å². The molecule has 1 heterocycles. The Morgan fingerprint density at radius 3 is 2.44 bits per heavy atom. The molecule has 0 saturated heterocycles. The number of nitrogens with two attached hydrogens (primary N) is 1. The highest BCUT2D eigenvalue weighted by Gasteiger charge is 2.24. The van der Waals surface area contributed by atoms with Gasteiger partial charge >= 0.3 is 0 Å². The molecular formula is C12H20IN3. The van der Waals surface area contributed by atoms with Crippen LogP contribution in [0.25, 0.3) is 0 Å². The molecule has 1 aromatic rings. The topological polar surface area (TPSA) is 43.8 Å². The number of aryl methyl sites for hydroxylation is 1. The summed E-state index contributed by atoms with van der Waals surface area (Å²) in [6, 6.07) is 0.532. The first-order chi connectivity index (χ1) is 7.63. The van der Waals surface area contributed by atoms with Gasteiger partial charge in [0, 0.05) is 0 Å². The standard InChI is InChI=1S/C12H20IN3/c1-3-9-4-6-10(7-5-9)16-12(14)11(13)8(2)15-16/h9-10H,3-7,14H2,1-2H3. The van der Waals surface area contributed by atoms with Crippen molar-refractivity contribution >= 4 is 28.4 Å². The number of hydrogen-bond acceptors (Lipinski definition) is 2. The average molecular weight is 333 g/mol. The molecule has 0 unspecified atom stereocenters. The van der Waals surface area contributed by atoms with Gasteiger partial charge in [0.15, 0.2) is 0 Å². The molecule has 0 aliphatic heterocycles. The first kappa shape index (κ1) is 12.2.